The van der Waals surface area contributed by atoms with Crippen molar-refractivity contribution in [1.29, 1.82) is 0 Å². The maximum Gasteiger partial charge on any atom is 0.325 e. The minimum atomic E-state index is -0.425. The number of carbonyl (C=O) groups excluding carboxylic acids is 2. The molecule has 31 heavy (non-hydrogen) atoms. The lowest BCUT2D eigenvalue weighted by atomic mass is 10.3. The van der Waals surface area contributed by atoms with Gasteiger partial charge in [-0.1, -0.05) is 22.9 Å². The number of thiazole rings is 1. The molecule has 0 spiro atoms. The fourth-order valence-corrected chi connectivity index (χ4v) is 5.03. The van der Waals surface area contributed by atoms with E-state index in [0.717, 1.165) is 20.9 Å². The first-order chi connectivity index (χ1) is 15.0. The molecule has 1 amide bonds. The summed E-state index contributed by atoms with van der Waals surface area (Å²) < 4.78 is 18.2. The minimum Gasteiger partial charge on any atom is -0.468 e. The quantitative estimate of drug-likeness (QED) is 0.287. The number of esters is 1. The summed E-state index contributed by atoms with van der Waals surface area (Å²) >= 11 is 8.88. The van der Waals surface area contributed by atoms with Gasteiger partial charge in [0, 0.05) is 28.5 Å². The number of amides is 1. The molecular formula is C21H19ClN2O5S2. The first-order valence-electron chi connectivity index (χ1n) is 9.49. The summed E-state index contributed by atoms with van der Waals surface area (Å²) in [5.74, 6) is 1.36. The first-order valence-corrected chi connectivity index (χ1v) is 11.7. The van der Waals surface area contributed by atoms with Crippen LogP contribution in [0.4, 0.5) is 0 Å². The molecule has 0 unspecified atom stereocenters. The van der Waals surface area contributed by atoms with E-state index in [0.29, 0.717) is 34.2 Å². The number of ether oxygens (including phenoxy) is 3. The predicted molar refractivity (Wildman–Crippen MR) is 120 cm³/mol. The summed E-state index contributed by atoms with van der Waals surface area (Å²) in [5.41, 5.74) is 0.740. The van der Waals surface area contributed by atoms with Crippen LogP contribution in [0.3, 0.4) is 0 Å². The van der Waals surface area contributed by atoms with Gasteiger partial charge in [0.2, 0.25) is 12.7 Å². The van der Waals surface area contributed by atoms with Crippen molar-refractivity contribution in [1.82, 2.24) is 4.57 Å². The van der Waals surface area contributed by atoms with E-state index in [2.05, 4.69) is 4.99 Å². The van der Waals surface area contributed by atoms with Crippen molar-refractivity contribution in [2.45, 2.75) is 24.3 Å². The Morgan fingerprint density at radius 1 is 1.23 bits per heavy atom. The molecule has 2 heterocycles. The molecular weight excluding hydrogens is 460 g/mol. The molecule has 1 aliphatic heterocycles. The Bertz CT molecular complexity index is 1190. The van der Waals surface area contributed by atoms with Crippen LogP contribution in [0, 0.1) is 0 Å². The monoisotopic (exact) mass is 478 g/mol. The second kappa shape index (κ2) is 9.76. The Labute approximate surface area is 191 Å². The maximum atomic E-state index is 12.5. The lowest BCUT2D eigenvalue weighted by Crippen LogP contribution is -2.22. The van der Waals surface area contributed by atoms with Crippen LogP contribution in [-0.2, 0) is 20.9 Å². The second-order valence-electron chi connectivity index (χ2n) is 6.63. The number of halogens is 1. The molecule has 0 fully saturated rings. The number of benzene rings is 2. The van der Waals surface area contributed by atoms with Crippen LogP contribution >= 0.6 is 34.7 Å². The van der Waals surface area contributed by atoms with Crippen LogP contribution in [-0.4, -0.2) is 36.1 Å². The highest BCUT2D eigenvalue weighted by Crippen LogP contribution is 2.37. The van der Waals surface area contributed by atoms with Crippen LogP contribution in [0.25, 0.3) is 10.2 Å². The van der Waals surface area contributed by atoms with E-state index in [1.165, 1.54) is 18.4 Å². The highest BCUT2D eigenvalue weighted by atomic mass is 35.5. The van der Waals surface area contributed by atoms with Crippen LogP contribution in [0.15, 0.2) is 46.3 Å². The number of nitrogens with zero attached hydrogens (tertiary/aromatic N) is 2. The summed E-state index contributed by atoms with van der Waals surface area (Å²) in [5, 5.41) is 0.699. The molecule has 0 radical (unpaired) electrons. The molecule has 7 nitrogen and oxygen atoms in total. The van der Waals surface area contributed by atoms with Gasteiger partial charge in [-0.15, -0.1) is 11.8 Å². The average molecular weight is 479 g/mol. The third-order valence-corrected chi connectivity index (χ3v) is 6.92. The molecule has 162 valence electrons. The third kappa shape index (κ3) is 5.23. The van der Waals surface area contributed by atoms with E-state index in [-0.39, 0.29) is 19.2 Å². The van der Waals surface area contributed by atoms with Gasteiger partial charge < -0.3 is 18.8 Å². The zero-order valence-electron chi connectivity index (χ0n) is 16.6. The van der Waals surface area contributed by atoms with E-state index in [1.54, 1.807) is 22.4 Å². The fraction of sp³-hybridized carbons (Fsp3) is 0.286. The van der Waals surface area contributed by atoms with Crippen molar-refractivity contribution in [2.24, 2.45) is 4.99 Å². The molecule has 2 aromatic carbocycles. The van der Waals surface area contributed by atoms with Crippen molar-refractivity contribution in [3.05, 3.63) is 46.2 Å². The highest BCUT2D eigenvalue weighted by Gasteiger charge is 2.19. The van der Waals surface area contributed by atoms with Gasteiger partial charge in [-0.2, -0.15) is 4.99 Å². The third-order valence-electron chi connectivity index (χ3n) is 4.53. The van der Waals surface area contributed by atoms with Crippen LogP contribution in [0.1, 0.15) is 12.8 Å². The summed E-state index contributed by atoms with van der Waals surface area (Å²) in [6.45, 7) is 0.113. The van der Waals surface area contributed by atoms with Gasteiger partial charge in [0.05, 0.1) is 17.3 Å². The zero-order valence-corrected chi connectivity index (χ0v) is 19.0. The van der Waals surface area contributed by atoms with Gasteiger partial charge in [-0.3, -0.25) is 9.59 Å². The van der Waals surface area contributed by atoms with Crippen LogP contribution in [0.2, 0.25) is 5.02 Å². The first kappa shape index (κ1) is 21.7. The van der Waals surface area contributed by atoms with E-state index in [9.17, 15) is 9.59 Å². The summed E-state index contributed by atoms with van der Waals surface area (Å²) in [7, 11) is 1.33. The van der Waals surface area contributed by atoms with E-state index in [1.807, 2.05) is 30.3 Å². The average Bonchev–Trinajstić information content (AvgIpc) is 3.34. The molecule has 0 saturated carbocycles. The maximum absolute atomic E-state index is 12.5. The Balaban J connectivity index is 1.49. The number of carbonyl (C=O) groups is 2. The molecule has 10 heteroatoms. The normalized spacial score (nSPS) is 13.0. The number of thioether (sulfide) groups is 1. The van der Waals surface area contributed by atoms with Crippen molar-refractivity contribution >= 4 is 56.8 Å². The lowest BCUT2D eigenvalue weighted by molar-refractivity contribution is -0.141. The smallest absolute Gasteiger partial charge is 0.325 e. The van der Waals surface area contributed by atoms with Crippen molar-refractivity contribution in [3.63, 3.8) is 0 Å². The molecule has 1 aromatic heterocycles. The predicted octanol–water partition coefficient (Wildman–Crippen LogP) is 4.26. The van der Waals surface area contributed by atoms with Crippen LogP contribution in [0.5, 0.6) is 11.5 Å². The Hall–Kier alpha value is -2.49. The summed E-state index contributed by atoms with van der Waals surface area (Å²) in [6.07, 6.45) is 1.00. The largest absolute Gasteiger partial charge is 0.468 e. The minimum absolute atomic E-state index is 0.0469. The summed E-state index contributed by atoms with van der Waals surface area (Å²) in [6, 6.07) is 11.2. The van der Waals surface area contributed by atoms with E-state index in [4.69, 9.17) is 25.8 Å². The number of hydrogen-bond acceptors (Lipinski definition) is 7. The number of aromatic nitrogens is 1. The molecule has 0 aliphatic carbocycles. The van der Waals surface area contributed by atoms with Crippen molar-refractivity contribution < 1.29 is 23.8 Å². The highest BCUT2D eigenvalue weighted by molar-refractivity contribution is 7.99. The number of methoxy groups -OCH3 is 1. The number of hydrogen-bond donors (Lipinski definition) is 0. The molecule has 0 atom stereocenters. The second-order valence-corrected chi connectivity index (χ2v) is 9.25. The van der Waals surface area contributed by atoms with Crippen molar-refractivity contribution in [2.75, 3.05) is 19.7 Å². The van der Waals surface area contributed by atoms with Crippen molar-refractivity contribution in [3.8, 4) is 11.5 Å². The van der Waals surface area contributed by atoms with Gasteiger partial charge in [-0.25, -0.2) is 0 Å². The zero-order chi connectivity index (χ0) is 21.8. The standard InChI is InChI=1S/C21H19ClN2O5S2/c1-27-20(26)11-24-15-9-16-17(29-12-28-16)10-18(15)31-21(24)23-19(25)3-2-8-30-14-6-4-13(22)5-7-14/h4-7,9-10H,2-3,8,11-12H2,1H3. The molecule has 0 bridgehead atoms. The molecule has 1 aliphatic rings. The Morgan fingerprint density at radius 2 is 1.97 bits per heavy atom. The van der Waals surface area contributed by atoms with Gasteiger partial charge >= 0.3 is 5.97 Å². The Morgan fingerprint density at radius 3 is 2.71 bits per heavy atom. The lowest BCUT2D eigenvalue weighted by Gasteiger charge is -2.04. The van der Waals surface area contributed by atoms with Gasteiger partial charge in [0.15, 0.2) is 16.3 Å². The number of fused-ring (bicyclic) bond motifs is 2. The Kier molecular flexibility index (Phi) is 6.84. The van der Waals surface area contributed by atoms with Gasteiger partial charge in [0.25, 0.3) is 0 Å². The van der Waals surface area contributed by atoms with Gasteiger partial charge in [-0.05, 0) is 36.4 Å². The van der Waals surface area contributed by atoms with E-state index >= 15 is 0 Å². The summed E-state index contributed by atoms with van der Waals surface area (Å²) in [4.78, 5) is 30.2. The number of rotatable bonds is 7. The van der Waals surface area contributed by atoms with E-state index < -0.39 is 5.97 Å². The SMILES string of the molecule is COC(=O)Cn1c(=NC(=O)CCCSc2ccc(Cl)cc2)sc2cc3c(cc21)OCO3. The van der Waals surface area contributed by atoms with Gasteiger partial charge in [0.1, 0.15) is 6.54 Å². The molecule has 0 saturated heterocycles. The molecule has 3 aromatic rings. The topological polar surface area (TPSA) is 79.1 Å². The molecule has 4 rings (SSSR count). The molecule has 0 N–H and O–H groups in total. The van der Waals surface area contributed by atoms with Crippen LogP contribution < -0.4 is 14.3 Å². The fourth-order valence-electron chi connectivity index (χ4n) is 3.00.